The van der Waals surface area contributed by atoms with Crippen molar-refractivity contribution >= 4 is 17.2 Å². The number of carbonyl (C=O) groups is 1. The Morgan fingerprint density at radius 2 is 2.03 bits per heavy atom. The van der Waals surface area contributed by atoms with Gasteiger partial charge in [-0.3, -0.25) is 4.79 Å². The Hall–Kier alpha value is -2.84. The molecule has 1 N–H and O–H groups in total. The van der Waals surface area contributed by atoms with Crippen LogP contribution in [-0.2, 0) is 4.74 Å². The molecule has 1 fully saturated rings. The van der Waals surface area contributed by atoms with E-state index in [0.29, 0.717) is 29.5 Å². The molecule has 1 unspecified atom stereocenters. The number of hydrogen-bond acceptors (Lipinski definition) is 7. The van der Waals surface area contributed by atoms with Crippen LogP contribution >= 0.6 is 11.3 Å². The SMILES string of the molecule is Cc1ccc(C(C)NC(=O)c2cc(OCC3CCOCC3)cc(-c3ncc(C)s3)c2)nn1. The van der Waals surface area contributed by atoms with Gasteiger partial charge in [0.2, 0.25) is 0 Å². The molecule has 2 aromatic heterocycles. The first-order valence-corrected chi connectivity index (χ1v) is 11.7. The molecule has 1 saturated heterocycles. The van der Waals surface area contributed by atoms with Crippen molar-refractivity contribution in [3.8, 4) is 16.3 Å². The third-order valence-corrected chi connectivity index (χ3v) is 6.44. The van der Waals surface area contributed by atoms with Gasteiger partial charge in [0.05, 0.1) is 24.0 Å². The molecule has 4 rings (SSSR count). The third kappa shape index (κ3) is 5.69. The van der Waals surface area contributed by atoms with E-state index in [2.05, 4.69) is 20.5 Å². The molecule has 1 aromatic carbocycles. The molecule has 8 heteroatoms. The van der Waals surface area contributed by atoms with E-state index in [1.165, 1.54) is 0 Å². The standard InChI is InChI=1S/C24H28N4O3S/c1-15-4-5-22(28-27-15)17(3)26-23(29)19-10-20(24-25-13-16(2)32-24)12-21(11-19)31-14-18-6-8-30-9-7-18/h4-5,10-13,17-18H,6-9,14H2,1-3H3,(H,26,29). The lowest BCUT2D eigenvalue weighted by atomic mass is 10.0. The fourth-order valence-corrected chi connectivity index (χ4v) is 4.30. The highest BCUT2D eigenvalue weighted by Crippen LogP contribution is 2.30. The summed E-state index contributed by atoms with van der Waals surface area (Å²) in [4.78, 5) is 18.7. The molecule has 1 aliphatic rings. The van der Waals surface area contributed by atoms with Crippen molar-refractivity contribution in [2.24, 2.45) is 5.92 Å². The number of ether oxygens (including phenoxy) is 2. The zero-order valence-corrected chi connectivity index (χ0v) is 19.4. The predicted octanol–water partition coefficient (Wildman–Crippen LogP) is 4.51. The molecule has 1 amide bonds. The van der Waals surface area contributed by atoms with Crippen molar-refractivity contribution in [1.29, 1.82) is 0 Å². The second-order valence-electron chi connectivity index (χ2n) is 8.18. The lowest BCUT2D eigenvalue weighted by molar-refractivity contribution is 0.0497. The first-order valence-electron chi connectivity index (χ1n) is 10.9. The maximum atomic E-state index is 13.1. The van der Waals surface area contributed by atoms with Crippen LogP contribution in [0.4, 0.5) is 0 Å². The average Bonchev–Trinajstić information content (AvgIpc) is 3.25. The van der Waals surface area contributed by atoms with Crippen molar-refractivity contribution in [2.75, 3.05) is 19.8 Å². The summed E-state index contributed by atoms with van der Waals surface area (Å²) in [6, 6.07) is 9.12. The van der Waals surface area contributed by atoms with Crippen molar-refractivity contribution in [1.82, 2.24) is 20.5 Å². The van der Waals surface area contributed by atoms with Gasteiger partial charge in [0.25, 0.3) is 5.91 Å². The highest BCUT2D eigenvalue weighted by molar-refractivity contribution is 7.14. The second kappa shape index (κ2) is 10.2. The molecular formula is C24H28N4O3S. The van der Waals surface area contributed by atoms with Crippen LogP contribution in [0.3, 0.4) is 0 Å². The fraction of sp³-hybridized carbons (Fsp3) is 0.417. The number of rotatable bonds is 7. The van der Waals surface area contributed by atoms with Gasteiger partial charge >= 0.3 is 0 Å². The van der Waals surface area contributed by atoms with Gasteiger partial charge in [0.15, 0.2) is 0 Å². The van der Waals surface area contributed by atoms with E-state index in [0.717, 1.165) is 47.2 Å². The number of aryl methyl sites for hydroxylation is 2. The molecule has 1 atom stereocenters. The number of thiazole rings is 1. The first-order chi connectivity index (χ1) is 15.5. The van der Waals surface area contributed by atoms with Gasteiger partial charge in [0, 0.05) is 35.4 Å². The van der Waals surface area contributed by atoms with E-state index in [4.69, 9.17) is 9.47 Å². The highest BCUT2D eigenvalue weighted by Gasteiger charge is 2.18. The Morgan fingerprint density at radius 3 is 2.72 bits per heavy atom. The predicted molar refractivity (Wildman–Crippen MR) is 124 cm³/mol. The van der Waals surface area contributed by atoms with Crippen LogP contribution in [-0.4, -0.2) is 40.9 Å². The lowest BCUT2D eigenvalue weighted by Gasteiger charge is -2.22. The van der Waals surface area contributed by atoms with Gasteiger partial charge in [-0.25, -0.2) is 4.98 Å². The maximum Gasteiger partial charge on any atom is 0.251 e. The minimum absolute atomic E-state index is 0.189. The van der Waals surface area contributed by atoms with Crippen LogP contribution < -0.4 is 10.1 Å². The molecule has 1 aliphatic heterocycles. The Bertz CT molecular complexity index is 1060. The molecular weight excluding hydrogens is 424 g/mol. The summed E-state index contributed by atoms with van der Waals surface area (Å²) in [6.07, 6.45) is 3.83. The fourth-order valence-electron chi connectivity index (χ4n) is 3.55. The van der Waals surface area contributed by atoms with Crippen LogP contribution in [0.2, 0.25) is 0 Å². The topological polar surface area (TPSA) is 86.2 Å². The van der Waals surface area contributed by atoms with Crippen molar-refractivity contribution in [2.45, 2.75) is 39.7 Å². The summed E-state index contributed by atoms with van der Waals surface area (Å²) in [5.74, 6) is 0.951. The van der Waals surface area contributed by atoms with Gasteiger partial charge in [-0.05, 0) is 69.9 Å². The number of benzene rings is 1. The number of nitrogens with one attached hydrogen (secondary N) is 1. The molecule has 0 spiro atoms. The molecule has 168 valence electrons. The van der Waals surface area contributed by atoms with Gasteiger partial charge in [-0.15, -0.1) is 11.3 Å². The van der Waals surface area contributed by atoms with E-state index >= 15 is 0 Å². The van der Waals surface area contributed by atoms with Crippen LogP contribution in [0.1, 0.15) is 52.4 Å². The summed E-state index contributed by atoms with van der Waals surface area (Å²) in [5.41, 5.74) is 2.96. The minimum Gasteiger partial charge on any atom is -0.493 e. The number of aromatic nitrogens is 3. The van der Waals surface area contributed by atoms with E-state index in [1.54, 1.807) is 17.4 Å². The zero-order chi connectivity index (χ0) is 22.5. The first kappa shape index (κ1) is 22.4. The zero-order valence-electron chi connectivity index (χ0n) is 18.6. The molecule has 0 bridgehead atoms. The number of hydrogen-bond donors (Lipinski definition) is 1. The third-order valence-electron chi connectivity index (χ3n) is 5.47. The summed E-state index contributed by atoms with van der Waals surface area (Å²) >= 11 is 1.60. The molecule has 0 aliphatic carbocycles. The van der Waals surface area contributed by atoms with E-state index < -0.39 is 0 Å². The van der Waals surface area contributed by atoms with Gasteiger partial charge in [0.1, 0.15) is 10.8 Å². The monoisotopic (exact) mass is 452 g/mol. The summed E-state index contributed by atoms with van der Waals surface area (Å²) < 4.78 is 11.6. The Morgan fingerprint density at radius 1 is 1.22 bits per heavy atom. The Kier molecular flexibility index (Phi) is 7.12. The average molecular weight is 453 g/mol. The van der Waals surface area contributed by atoms with Crippen molar-refractivity contribution < 1.29 is 14.3 Å². The molecule has 32 heavy (non-hydrogen) atoms. The van der Waals surface area contributed by atoms with Crippen LogP contribution in [0, 0.1) is 19.8 Å². The number of carbonyl (C=O) groups excluding carboxylic acids is 1. The van der Waals surface area contributed by atoms with Crippen LogP contribution in [0.15, 0.2) is 36.5 Å². The molecule has 3 heterocycles. The van der Waals surface area contributed by atoms with E-state index in [-0.39, 0.29) is 11.9 Å². The second-order valence-corrected chi connectivity index (χ2v) is 9.42. The van der Waals surface area contributed by atoms with Crippen molar-refractivity contribution in [3.05, 3.63) is 58.4 Å². The summed E-state index contributed by atoms with van der Waals surface area (Å²) in [7, 11) is 0. The number of amides is 1. The van der Waals surface area contributed by atoms with Crippen LogP contribution in [0.5, 0.6) is 5.75 Å². The van der Waals surface area contributed by atoms with Crippen LogP contribution in [0.25, 0.3) is 10.6 Å². The van der Waals surface area contributed by atoms with Gasteiger partial charge < -0.3 is 14.8 Å². The maximum absolute atomic E-state index is 13.1. The Balaban J connectivity index is 1.54. The minimum atomic E-state index is -0.270. The van der Waals surface area contributed by atoms with Gasteiger partial charge in [-0.1, -0.05) is 0 Å². The quantitative estimate of drug-likeness (QED) is 0.567. The molecule has 7 nitrogen and oxygen atoms in total. The number of nitrogens with zero attached hydrogens (tertiary/aromatic N) is 3. The van der Waals surface area contributed by atoms with Crippen molar-refractivity contribution in [3.63, 3.8) is 0 Å². The summed E-state index contributed by atoms with van der Waals surface area (Å²) in [5, 5.41) is 12.1. The van der Waals surface area contributed by atoms with Gasteiger partial charge in [-0.2, -0.15) is 10.2 Å². The Labute approximate surface area is 192 Å². The highest BCUT2D eigenvalue weighted by atomic mass is 32.1. The van der Waals surface area contributed by atoms with E-state index in [9.17, 15) is 4.79 Å². The lowest BCUT2D eigenvalue weighted by Crippen LogP contribution is -2.27. The normalized spacial score (nSPS) is 15.3. The largest absolute Gasteiger partial charge is 0.493 e. The van der Waals surface area contributed by atoms with E-state index in [1.807, 2.05) is 51.2 Å². The summed E-state index contributed by atoms with van der Waals surface area (Å²) in [6.45, 7) is 7.96. The molecule has 3 aromatic rings. The smallest absolute Gasteiger partial charge is 0.251 e. The molecule has 0 saturated carbocycles. The molecule has 0 radical (unpaired) electrons.